The number of ether oxygens (including phenoxy) is 1. The number of fused-ring (bicyclic) bond motifs is 1. The van der Waals surface area contributed by atoms with Crippen LogP contribution in [0.1, 0.15) is 25.7 Å². The van der Waals surface area contributed by atoms with Crippen molar-refractivity contribution >= 4 is 11.9 Å². The van der Waals surface area contributed by atoms with Crippen LogP contribution in [0.2, 0.25) is 0 Å². The van der Waals surface area contributed by atoms with Gasteiger partial charge < -0.3 is 19.9 Å². The maximum absolute atomic E-state index is 12.6. The number of hydrogen-bond donors (Lipinski definition) is 1. The maximum Gasteiger partial charge on any atom is 0.319 e. The number of nitrogens with zero attached hydrogens (tertiary/aromatic N) is 2. The van der Waals surface area contributed by atoms with Crippen LogP contribution >= 0.6 is 0 Å². The monoisotopic (exact) mass is 335 g/mol. The minimum absolute atomic E-state index is 0.00691. The first-order valence-electron chi connectivity index (χ1n) is 9.21. The molecule has 0 saturated carbocycles. The molecule has 1 N–H and O–H groups in total. The van der Waals surface area contributed by atoms with Crippen molar-refractivity contribution in [3.8, 4) is 0 Å². The van der Waals surface area contributed by atoms with Gasteiger partial charge in [-0.05, 0) is 31.6 Å². The predicted octanol–water partition coefficient (Wildman–Crippen LogP) is 1.48. The number of likely N-dealkylation sites (tertiary alicyclic amines) is 2. The molecule has 6 nitrogen and oxygen atoms in total. The van der Waals surface area contributed by atoms with E-state index in [1.165, 1.54) is 0 Å². The molecule has 24 heavy (non-hydrogen) atoms. The normalized spacial score (nSPS) is 30.5. The second kappa shape index (κ2) is 8.01. The van der Waals surface area contributed by atoms with Gasteiger partial charge in [-0.1, -0.05) is 6.08 Å². The van der Waals surface area contributed by atoms with Crippen LogP contribution in [0.4, 0.5) is 4.79 Å². The van der Waals surface area contributed by atoms with Gasteiger partial charge in [0.25, 0.3) is 0 Å². The Hall–Kier alpha value is -1.56. The minimum atomic E-state index is 0.00691. The zero-order valence-corrected chi connectivity index (χ0v) is 14.4. The third kappa shape index (κ3) is 3.74. The lowest BCUT2D eigenvalue weighted by Crippen LogP contribution is -2.49. The van der Waals surface area contributed by atoms with Gasteiger partial charge in [0.15, 0.2) is 0 Å². The zero-order valence-electron chi connectivity index (χ0n) is 14.4. The Morgan fingerprint density at radius 3 is 2.67 bits per heavy atom. The number of piperidine rings is 1. The van der Waals surface area contributed by atoms with Gasteiger partial charge in [-0.15, -0.1) is 6.58 Å². The molecule has 0 bridgehead atoms. The van der Waals surface area contributed by atoms with Crippen molar-refractivity contribution < 1.29 is 14.3 Å². The molecule has 134 valence electrons. The largest absolute Gasteiger partial charge is 0.377 e. The summed E-state index contributed by atoms with van der Waals surface area (Å²) in [6.07, 6.45) is 5.61. The number of nitrogens with one attached hydrogen (secondary N) is 1. The van der Waals surface area contributed by atoms with E-state index in [1.54, 1.807) is 6.08 Å². The molecule has 0 spiro atoms. The van der Waals surface area contributed by atoms with Crippen LogP contribution in [0, 0.1) is 17.8 Å². The van der Waals surface area contributed by atoms with Crippen molar-refractivity contribution in [2.75, 3.05) is 45.9 Å². The summed E-state index contributed by atoms with van der Waals surface area (Å²) in [5, 5.41) is 3.03. The van der Waals surface area contributed by atoms with Crippen LogP contribution in [0.25, 0.3) is 0 Å². The van der Waals surface area contributed by atoms with Gasteiger partial charge in [0.1, 0.15) is 0 Å². The van der Waals surface area contributed by atoms with E-state index in [0.717, 1.165) is 45.3 Å². The van der Waals surface area contributed by atoms with Crippen LogP contribution in [-0.4, -0.2) is 67.7 Å². The van der Waals surface area contributed by atoms with Crippen molar-refractivity contribution in [2.45, 2.75) is 25.7 Å². The first-order valence-corrected chi connectivity index (χ1v) is 9.21. The molecular formula is C18H29N3O3. The molecular weight excluding hydrogens is 306 g/mol. The zero-order chi connectivity index (χ0) is 16.9. The van der Waals surface area contributed by atoms with E-state index < -0.39 is 0 Å². The molecule has 0 radical (unpaired) electrons. The van der Waals surface area contributed by atoms with Gasteiger partial charge in [0.2, 0.25) is 5.91 Å². The van der Waals surface area contributed by atoms with Crippen LogP contribution < -0.4 is 5.32 Å². The Bertz CT molecular complexity index is 476. The molecule has 0 aromatic carbocycles. The standard InChI is InChI=1S/C18H29N3O3/c1-2-11-24-13-14-12-19-17(22)16-6-10-21(9-5-15(14)16)18(23)20-7-3-4-8-20/h2,14-16H,1,3-13H2,(H,19,22)/t14-,15+,16+/m1/s1. The lowest BCUT2D eigenvalue weighted by molar-refractivity contribution is -0.131. The Morgan fingerprint density at radius 1 is 1.21 bits per heavy atom. The maximum atomic E-state index is 12.6. The van der Waals surface area contributed by atoms with Crippen LogP contribution in [-0.2, 0) is 9.53 Å². The Morgan fingerprint density at radius 2 is 1.92 bits per heavy atom. The molecule has 0 aromatic heterocycles. The van der Waals surface area contributed by atoms with Crippen molar-refractivity contribution in [3.05, 3.63) is 12.7 Å². The van der Waals surface area contributed by atoms with E-state index >= 15 is 0 Å². The molecule has 3 heterocycles. The molecule has 3 amide bonds. The van der Waals surface area contributed by atoms with Gasteiger partial charge >= 0.3 is 6.03 Å². The first kappa shape index (κ1) is 17.3. The molecule has 3 aliphatic heterocycles. The third-order valence-electron chi connectivity index (χ3n) is 5.65. The van der Waals surface area contributed by atoms with Crippen LogP contribution in [0.3, 0.4) is 0 Å². The van der Waals surface area contributed by atoms with E-state index in [0.29, 0.717) is 38.1 Å². The average Bonchev–Trinajstić information content (AvgIpc) is 3.03. The summed E-state index contributed by atoms with van der Waals surface area (Å²) in [6, 6.07) is 0.158. The minimum Gasteiger partial charge on any atom is -0.377 e. The van der Waals surface area contributed by atoms with Gasteiger partial charge in [-0.2, -0.15) is 0 Å². The topological polar surface area (TPSA) is 61.9 Å². The summed E-state index contributed by atoms with van der Waals surface area (Å²) in [5.74, 6) is 0.789. The highest BCUT2D eigenvalue weighted by molar-refractivity contribution is 5.80. The first-order chi connectivity index (χ1) is 11.7. The Labute approximate surface area is 144 Å². The second-order valence-electron chi connectivity index (χ2n) is 7.14. The Kier molecular flexibility index (Phi) is 5.76. The van der Waals surface area contributed by atoms with Crippen LogP contribution in [0.5, 0.6) is 0 Å². The lowest BCUT2D eigenvalue weighted by Gasteiger charge is -2.36. The molecule has 3 rings (SSSR count). The highest BCUT2D eigenvalue weighted by atomic mass is 16.5. The molecule has 3 aliphatic rings. The fourth-order valence-electron chi connectivity index (χ4n) is 4.32. The number of rotatable bonds is 4. The summed E-state index contributed by atoms with van der Waals surface area (Å²) in [5.41, 5.74) is 0. The van der Waals surface area contributed by atoms with E-state index in [-0.39, 0.29) is 17.9 Å². The van der Waals surface area contributed by atoms with E-state index in [1.807, 2.05) is 9.80 Å². The molecule has 6 heteroatoms. The van der Waals surface area contributed by atoms with Gasteiger partial charge in [0.05, 0.1) is 13.2 Å². The summed E-state index contributed by atoms with van der Waals surface area (Å²) >= 11 is 0. The third-order valence-corrected chi connectivity index (χ3v) is 5.65. The van der Waals surface area contributed by atoms with E-state index in [4.69, 9.17) is 4.74 Å². The highest BCUT2D eigenvalue weighted by Crippen LogP contribution is 2.34. The van der Waals surface area contributed by atoms with Crippen molar-refractivity contribution in [3.63, 3.8) is 0 Å². The fraction of sp³-hybridized carbons (Fsp3) is 0.778. The molecule has 3 saturated heterocycles. The highest BCUT2D eigenvalue weighted by Gasteiger charge is 2.41. The summed E-state index contributed by atoms with van der Waals surface area (Å²) in [6.45, 7) is 8.73. The smallest absolute Gasteiger partial charge is 0.319 e. The number of carbonyl (C=O) groups is 2. The fourth-order valence-corrected chi connectivity index (χ4v) is 4.32. The Balaban J connectivity index is 1.62. The second-order valence-corrected chi connectivity index (χ2v) is 7.14. The van der Waals surface area contributed by atoms with Gasteiger partial charge in [-0.3, -0.25) is 4.79 Å². The van der Waals surface area contributed by atoms with Gasteiger partial charge in [0, 0.05) is 44.6 Å². The van der Waals surface area contributed by atoms with Crippen LogP contribution in [0.15, 0.2) is 12.7 Å². The number of carbonyl (C=O) groups excluding carboxylic acids is 2. The van der Waals surface area contributed by atoms with E-state index in [2.05, 4.69) is 11.9 Å². The number of amides is 3. The number of hydrogen-bond acceptors (Lipinski definition) is 3. The SMILES string of the molecule is C=CCOC[C@H]1CNC(=O)[C@H]2CCN(C(=O)N3CCCC3)CC[C@@H]12. The molecule has 0 aromatic rings. The molecule has 0 unspecified atom stereocenters. The summed E-state index contributed by atoms with van der Waals surface area (Å²) < 4.78 is 5.64. The van der Waals surface area contributed by atoms with Crippen molar-refractivity contribution in [1.82, 2.24) is 15.1 Å². The quantitative estimate of drug-likeness (QED) is 0.625. The summed E-state index contributed by atoms with van der Waals surface area (Å²) in [4.78, 5) is 28.9. The molecule has 3 atom stereocenters. The predicted molar refractivity (Wildman–Crippen MR) is 91.5 cm³/mol. The van der Waals surface area contributed by atoms with Gasteiger partial charge in [-0.25, -0.2) is 4.79 Å². The van der Waals surface area contributed by atoms with E-state index in [9.17, 15) is 9.59 Å². The summed E-state index contributed by atoms with van der Waals surface area (Å²) in [7, 11) is 0. The van der Waals surface area contributed by atoms with Crippen molar-refractivity contribution in [2.24, 2.45) is 17.8 Å². The van der Waals surface area contributed by atoms with Crippen molar-refractivity contribution in [1.29, 1.82) is 0 Å². The average molecular weight is 335 g/mol. The number of urea groups is 1. The molecule has 3 fully saturated rings. The lowest BCUT2D eigenvalue weighted by atomic mass is 9.75. The molecule has 0 aliphatic carbocycles.